The van der Waals surface area contributed by atoms with Gasteiger partial charge in [0.25, 0.3) is 0 Å². The number of aromatic nitrogens is 4. The standard InChI is InChI=1S/C30H33N5O2S/c1-19-9-11-23-24(7-5-8-26(23)31-19)28-32-33-29(34(28)3)38-14-6-13-35-17-22-16-30(22,18-35)21-10-12-27(37-4)25(15-21)20(2)36/h5,7-12,15,22H,6,13-14,16-18H2,1-4H3/t22-,30-/m1/s1. The molecule has 6 rings (SSSR count). The molecule has 196 valence electrons. The lowest BCUT2D eigenvalue weighted by molar-refractivity contribution is 0.101. The van der Waals surface area contributed by atoms with Gasteiger partial charge in [0.05, 0.1) is 18.2 Å². The Morgan fingerprint density at radius 3 is 2.87 bits per heavy atom. The van der Waals surface area contributed by atoms with Crippen LogP contribution >= 0.6 is 11.8 Å². The number of nitrogens with zero attached hydrogens (tertiary/aromatic N) is 5. The Balaban J connectivity index is 1.07. The van der Waals surface area contributed by atoms with E-state index in [0.29, 0.717) is 17.2 Å². The van der Waals surface area contributed by atoms with E-state index < -0.39 is 0 Å². The summed E-state index contributed by atoms with van der Waals surface area (Å²) in [5.41, 5.74) is 5.23. The van der Waals surface area contributed by atoms with E-state index in [1.165, 1.54) is 12.0 Å². The summed E-state index contributed by atoms with van der Waals surface area (Å²) in [5, 5.41) is 11.1. The molecule has 0 N–H and O–H groups in total. The van der Waals surface area contributed by atoms with E-state index in [2.05, 4.69) is 48.9 Å². The molecule has 2 aromatic carbocycles. The molecule has 1 saturated heterocycles. The molecular weight excluding hydrogens is 494 g/mol. The van der Waals surface area contributed by atoms with Gasteiger partial charge < -0.3 is 14.2 Å². The van der Waals surface area contributed by atoms with Crippen molar-refractivity contribution in [1.29, 1.82) is 0 Å². The maximum Gasteiger partial charge on any atom is 0.191 e. The fourth-order valence-corrected chi connectivity index (χ4v) is 6.91. The largest absolute Gasteiger partial charge is 0.496 e. The van der Waals surface area contributed by atoms with Gasteiger partial charge in [-0.2, -0.15) is 0 Å². The van der Waals surface area contributed by atoms with Crippen LogP contribution in [0.2, 0.25) is 0 Å². The topological polar surface area (TPSA) is 73.1 Å². The van der Waals surface area contributed by atoms with Gasteiger partial charge in [0.15, 0.2) is 16.8 Å². The molecule has 0 amide bonds. The molecule has 1 aliphatic heterocycles. The van der Waals surface area contributed by atoms with Crippen LogP contribution in [0.15, 0.2) is 53.7 Å². The summed E-state index contributed by atoms with van der Waals surface area (Å²) >= 11 is 1.77. The van der Waals surface area contributed by atoms with Crippen molar-refractivity contribution < 1.29 is 9.53 Å². The van der Waals surface area contributed by atoms with Crippen molar-refractivity contribution in [2.75, 3.05) is 32.5 Å². The van der Waals surface area contributed by atoms with Gasteiger partial charge in [0, 0.05) is 47.9 Å². The Morgan fingerprint density at radius 1 is 1.18 bits per heavy atom. The molecule has 7 nitrogen and oxygen atoms in total. The lowest BCUT2D eigenvalue weighted by Gasteiger charge is -2.21. The van der Waals surface area contributed by atoms with Gasteiger partial charge in [0.1, 0.15) is 5.75 Å². The number of ether oxygens (including phenoxy) is 1. The highest BCUT2D eigenvalue weighted by molar-refractivity contribution is 7.99. The third-order valence-corrected chi connectivity index (χ3v) is 9.27. The highest BCUT2D eigenvalue weighted by Crippen LogP contribution is 2.59. The number of piperidine rings is 1. The van der Waals surface area contributed by atoms with Crippen LogP contribution in [0.4, 0.5) is 0 Å². The number of pyridine rings is 1. The highest BCUT2D eigenvalue weighted by atomic mass is 32.2. The van der Waals surface area contributed by atoms with Crippen LogP contribution in [0.5, 0.6) is 5.75 Å². The van der Waals surface area contributed by atoms with E-state index in [4.69, 9.17) is 4.74 Å². The van der Waals surface area contributed by atoms with Crippen molar-refractivity contribution in [3.63, 3.8) is 0 Å². The molecule has 1 saturated carbocycles. The van der Waals surface area contributed by atoms with Gasteiger partial charge in [-0.15, -0.1) is 10.2 Å². The van der Waals surface area contributed by atoms with Crippen LogP contribution in [-0.4, -0.2) is 62.9 Å². The molecule has 3 heterocycles. The Hall–Kier alpha value is -3.23. The number of Topliss-reactive ketones (excluding diaryl/α,β-unsaturated/α-hetero) is 1. The fourth-order valence-electron chi connectivity index (χ4n) is 6.08. The molecule has 2 atom stereocenters. The smallest absolute Gasteiger partial charge is 0.191 e. The Morgan fingerprint density at radius 2 is 2.05 bits per heavy atom. The van der Waals surface area contributed by atoms with Gasteiger partial charge in [-0.1, -0.05) is 36.0 Å². The van der Waals surface area contributed by atoms with Crippen LogP contribution in [0, 0.1) is 12.8 Å². The van der Waals surface area contributed by atoms with Crippen molar-refractivity contribution in [3.05, 3.63) is 65.4 Å². The SMILES string of the molecule is COc1ccc([C@]23C[C@@H]2CN(CCCSc2nnc(-c4cccc5nc(C)ccc45)n2C)C3)cc1C(C)=O. The number of ketones is 1. The predicted octanol–water partition coefficient (Wildman–Crippen LogP) is 5.31. The van der Waals surface area contributed by atoms with E-state index in [-0.39, 0.29) is 11.2 Å². The number of rotatable bonds is 9. The van der Waals surface area contributed by atoms with Crippen LogP contribution in [0.25, 0.3) is 22.3 Å². The molecular formula is C30H33N5O2S. The second kappa shape index (κ2) is 9.82. The number of aryl methyl sites for hydroxylation is 1. The van der Waals surface area contributed by atoms with Gasteiger partial charge in [-0.05, 0) is 69.0 Å². The predicted molar refractivity (Wildman–Crippen MR) is 151 cm³/mol. The number of carbonyl (C=O) groups is 1. The number of benzene rings is 2. The summed E-state index contributed by atoms with van der Waals surface area (Å²) in [6.07, 6.45) is 2.31. The second-order valence-electron chi connectivity index (χ2n) is 10.7. The minimum atomic E-state index is 0.0586. The summed E-state index contributed by atoms with van der Waals surface area (Å²) in [5.74, 6) is 3.27. The molecule has 38 heavy (non-hydrogen) atoms. The summed E-state index contributed by atoms with van der Waals surface area (Å²) < 4.78 is 7.50. The number of hydrogen-bond donors (Lipinski definition) is 0. The fraction of sp³-hybridized carbons (Fsp3) is 0.400. The minimum Gasteiger partial charge on any atom is -0.496 e. The second-order valence-corrected chi connectivity index (χ2v) is 11.7. The number of fused-ring (bicyclic) bond motifs is 2. The van der Waals surface area contributed by atoms with Gasteiger partial charge in [-0.3, -0.25) is 9.78 Å². The number of carbonyl (C=O) groups excluding carboxylic acids is 1. The molecule has 0 unspecified atom stereocenters. The lowest BCUT2D eigenvalue weighted by atomic mass is 9.92. The zero-order valence-corrected chi connectivity index (χ0v) is 23.2. The van der Waals surface area contributed by atoms with Crippen molar-refractivity contribution in [3.8, 4) is 17.1 Å². The number of methoxy groups -OCH3 is 1. The first-order valence-electron chi connectivity index (χ1n) is 13.2. The van der Waals surface area contributed by atoms with Crippen molar-refractivity contribution in [1.82, 2.24) is 24.6 Å². The summed E-state index contributed by atoms with van der Waals surface area (Å²) in [6.45, 7) is 6.89. The number of thioether (sulfide) groups is 1. The Bertz CT molecular complexity index is 1530. The zero-order valence-electron chi connectivity index (χ0n) is 22.4. The van der Waals surface area contributed by atoms with Gasteiger partial charge in [0.2, 0.25) is 0 Å². The Kier molecular flexibility index (Phi) is 6.48. The maximum atomic E-state index is 12.1. The normalized spacial score (nSPS) is 20.6. The first kappa shape index (κ1) is 25.1. The van der Waals surface area contributed by atoms with Crippen molar-refractivity contribution >= 4 is 28.4 Å². The molecule has 8 heteroatoms. The maximum absolute atomic E-state index is 12.1. The van der Waals surface area contributed by atoms with E-state index in [1.54, 1.807) is 25.8 Å². The van der Waals surface area contributed by atoms with E-state index >= 15 is 0 Å². The van der Waals surface area contributed by atoms with E-state index in [0.717, 1.165) is 64.9 Å². The minimum absolute atomic E-state index is 0.0586. The monoisotopic (exact) mass is 527 g/mol. The van der Waals surface area contributed by atoms with Crippen LogP contribution in [-0.2, 0) is 12.5 Å². The molecule has 2 aromatic heterocycles. The number of likely N-dealkylation sites (tertiary alicyclic amines) is 1. The van der Waals surface area contributed by atoms with E-state index in [1.807, 2.05) is 38.2 Å². The highest BCUT2D eigenvalue weighted by Gasteiger charge is 2.60. The molecule has 0 radical (unpaired) electrons. The van der Waals surface area contributed by atoms with E-state index in [9.17, 15) is 4.79 Å². The first-order chi connectivity index (χ1) is 18.4. The van der Waals surface area contributed by atoms with Crippen LogP contribution in [0.1, 0.15) is 41.4 Å². The van der Waals surface area contributed by atoms with Crippen molar-refractivity contribution in [2.24, 2.45) is 13.0 Å². The van der Waals surface area contributed by atoms with Crippen LogP contribution in [0.3, 0.4) is 0 Å². The third kappa shape index (κ3) is 4.39. The van der Waals surface area contributed by atoms with Gasteiger partial charge >= 0.3 is 0 Å². The lowest BCUT2D eigenvalue weighted by Crippen LogP contribution is -2.28. The summed E-state index contributed by atoms with van der Waals surface area (Å²) in [6, 6.07) is 16.5. The quantitative estimate of drug-likeness (QED) is 0.166. The van der Waals surface area contributed by atoms with Crippen molar-refractivity contribution in [2.45, 2.75) is 37.3 Å². The molecule has 2 fully saturated rings. The molecule has 4 aromatic rings. The molecule has 1 aliphatic carbocycles. The molecule has 0 bridgehead atoms. The molecule has 2 aliphatic rings. The summed E-state index contributed by atoms with van der Waals surface area (Å²) in [4.78, 5) is 19.4. The average molecular weight is 528 g/mol. The summed E-state index contributed by atoms with van der Waals surface area (Å²) in [7, 11) is 3.67. The molecule has 0 spiro atoms. The average Bonchev–Trinajstić information content (AvgIpc) is 3.29. The zero-order chi connectivity index (χ0) is 26.4. The number of hydrogen-bond acceptors (Lipinski definition) is 7. The Labute approximate surface area is 227 Å². The van der Waals surface area contributed by atoms with Crippen LogP contribution < -0.4 is 4.74 Å². The van der Waals surface area contributed by atoms with Gasteiger partial charge in [-0.25, -0.2) is 0 Å². The first-order valence-corrected chi connectivity index (χ1v) is 14.2. The third-order valence-electron chi connectivity index (χ3n) is 8.17.